The van der Waals surface area contributed by atoms with Crippen LogP contribution in [0.15, 0.2) is 42.5 Å². The SMILES string of the molecule is CCc1ccc(Nc2ccc(Cl)cc2[N+](=O)[O-])cc1. The lowest BCUT2D eigenvalue weighted by molar-refractivity contribution is -0.383. The summed E-state index contributed by atoms with van der Waals surface area (Å²) in [6.45, 7) is 2.08. The van der Waals surface area contributed by atoms with Gasteiger partial charge in [-0.05, 0) is 36.2 Å². The van der Waals surface area contributed by atoms with Crippen LogP contribution in [0.1, 0.15) is 12.5 Å². The Morgan fingerprint density at radius 1 is 1.21 bits per heavy atom. The van der Waals surface area contributed by atoms with E-state index in [4.69, 9.17) is 11.6 Å². The first-order valence-electron chi connectivity index (χ1n) is 5.90. The largest absolute Gasteiger partial charge is 0.350 e. The molecule has 2 aromatic rings. The average Bonchev–Trinajstić information content (AvgIpc) is 2.41. The third-order valence-corrected chi connectivity index (χ3v) is 3.03. The topological polar surface area (TPSA) is 55.2 Å². The molecule has 0 aliphatic carbocycles. The lowest BCUT2D eigenvalue weighted by Crippen LogP contribution is -1.97. The molecule has 0 aliphatic rings. The second-order valence-corrected chi connectivity index (χ2v) is 4.53. The van der Waals surface area contributed by atoms with Crippen LogP contribution in [0.4, 0.5) is 17.1 Å². The van der Waals surface area contributed by atoms with Gasteiger partial charge in [0.1, 0.15) is 5.69 Å². The van der Waals surface area contributed by atoms with Crippen LogP contribution >= 0.6 is 11.6 Å². The van der Waals surface area contributed by atoms with Crippen molar-refractivity contribution < 1.29 is 4.92 Å². The molecule has 0 aromatic heterocycles. The van der Waals surface area contributed by atoms with Crippen LogP contribution in [-0.2, 0) is 6.42 Å². The highest BCUT2D eigenvalue weighted by atomic mass is 35.5. The second kappa shape index (κ2) is 5.71. The molecule has 0 unspecified atom stereocenters. The van der Waals surface area contributed by atoms with Crippen molar-refractivity contribution in [2.24, 2.45) is 0 Å². The number of nitro benzene ring substituents is 1. The zero-order valence-electron chi connectivity index (χ0n) is 10.4. The molecule has 0 radical (unpaired) electrons. The Labute approximate surface area is 116 Å². The number of rotatable bonds is 4. The number of anilines is 2. The van der Waals surface area contributed by atoms with Gasteiger partial charge in [0.2, 0.25) is 0 Å². The lowest BCUT2D eigenvalue weighted by atomic mass is 10.1. The van der Waals surface area contributed by atoms with E-state index in [1.54, 1.807) is 12.1 Å². The molecule has 98 valence electrons. The van der Waals surface area contributed by atoms with Gasteiger partial charge in [-0.25, -0.2) is 0 Å². The fraction of sp³-hybridized carbons (Fsp3) is 0.143. The maximum absolute atomic E-state index is 11.0. The maximum atomic E-state index is 11.0. The first kappa shape index (κ1) is 13.4. The van der Waals surface area contributed by atoms with E-state index >= 15 is 0 Å². The van der Waals surface area contributed by atoms with Crippen LogP contribution in [-0.4, -0.2) is 4.92 Å². The van der Waals surface area contributed by atoms with Crippen molar-refractivity contribution in [3.63, 3.8) is 0 Å². The zero-order chi connectivity index (χ0) is 13.8. The summed E-state index contributed by atoms with van der Waals surface area (Å²) in [5.74, 6) is 0. The van der Waals surface area contributed by atoms with Crippen molar-refractivity contribution in [2.75, 3.05) is 5.32 Å². The number of benzene rings is 2. The number of aryl methyl sites for hydroxylation is 1. The summed E-state index contributed by atoms with van der Waals surface area (Å²) >= 11 is 5.77. The molecule has 1 N–H and O–H groups in total. The summed E-state index contributed by atoms with van der Waals surface area (Å²) in [4.78, 5) is 10.5. The van der Waals surface area contributed by atoms with E-state index in [1.165, 1.54) is 11.6 Å². The van der Waals surface area contributed by atoms with Gasteiger partial charge in [-0.15, -0.1) is 0 Å². The third-order valence-electron chi connectivity index (χ3n) is 2.80. The quantitative estimate of drug-likeness (QED) is 0.658. The molecule has 0 saturated heterocycles. The molecule has 0 aliphatic heterocycles. The van der Waals surface area contributed by atoms with Gasteiger partial charge >= 0.3 is 0 Å². The van der Waals surface area contributed by atoms with E-state index in [-0.39, 0.29) is 5.69 Å². The van der Waals surface area contributed by atoms with Crippen LogP contribution in [0.3, 0.4) is 0 Å². The number of halogens is 1. The molecule has 5 heteroatoms. The predicted molar refractivity (Wildman–Crippen MR) is 77.2 cm³/mol. The van der Waals surface area contributed by atoms with Crippen molar-refractivity contribution in [1.82, 2.24) is 0 Å². The van der Waals surface area contributed by atoms with Gasteiger partial charge in [-0.3, -0.25) is 10.1 Å². The molecular formula is C14H13ClN2O2. The van der Waals surface area contributed by atoms with Crippen LogP contribution in [0.25, 0.3) is 0 Å². The van der Waals surface area contributed by atoms with Gasteiger partial charge in [-0.2, -0.15) is 0 Å². The average molecular weight is 277 g/mol. The molecule has 0 amide bonds. The minimum absolute atomic E-state index is 0.0351. The lowest BCUT2D eigenvalue weighted by Gasteiger charge is -2.08. The van der Waals surface area contributed by atoms with Gasteiger partial charge in [0.25, 0.3) is 5.69 Å². The van der Waals surface area contributed by atoms with Gasteiger partial charge in [0, 0.05) is 16.8 Å². The fourth-order valence-corrected chi connectivity index (χ4v) is 1.91. The van der Waals surface area contributed by atoms with E-state index in [2.05, 4.69) is 12.2 Å². The molecule has 0 atom stereocenters. The van der Waals surface area contributed by atoms with E-state index in [0.29, 0.717) is 10.7 Å². The van der Waals surface area contributed by atoms with Crippen molar-refractivity contribution in [3.8, 4) is 0 Å². The van der Waals surface area contributed by atoms with Gasteiger partial charge in [0.15, 0.2) is 0 Å². The number of hydrogen-bond acceptors (Lipinski definition) is 3. The predicted octanol–water partition coefficient (Wildman–Crippen LogP) is 4.55. The maximum Gasteiger partial charge on any atom is 0.294 e. The summed E-state index contributed by atoms with van der Waals surface area (Å²) in [5, 5.41) is 14.3. The Hall–Kier alpha value is -2.07. The van der Waals surface area contributed by atoms with E-state index < -0.39 is 4.92 Å². The Bertz CT molecular complexity index is 597. The molecule has 19 heavy (non-hydrogen) atoms. The summed E-state index contributed by atoms with van der Waals surface area (Å²) in [6.07, 6.45) is 0.960. The molecule has 0 heterocycles. The summed E-state index contributed by atoms with van der Waals surface area (Å²) in [7, 11) is 0. The number of nitro groups is 1. The first-order chi connectivity index (χ1) is 9.10. The van der Waals surface area contributed by atoms with Crippen LogP contribution in [0.5, 0.6) is 0 Å². The van der Waals surface area contributed by atoms with Crippen LogP contribution in [0, 0.1) is 10.1 Å². The van der Waals surface area contributed by atoms with Crippen molar-refractivity contribution in [2.45, 2.75) is 13.3 Å². The molecule has 4 nitrogen and oxygen atoms in total. The molecular weight excluding hydrogens is 264 g/mol. The van der Waals surface area contributed by atoms with E-state index in [1.807, 2.05) is 24.3 Å². The molecule has 2 aromatic carbocycles. The molecule has 0 fully saturated rings. The Balaban J connectivity index is 2.29. The van der Waals surface area contributed by atoms with E-state index in [0.717, 1.165) is 12.1 Å². The van der Waals surface area contributed by atoms with E-state index in [9.17, 15) is 10.1 Å². The molecule has 0 bridgehead atoms. The van der Waals surface area contributed by atoms with Crippen molar-refractivity contribution in [3.05, 3.63) is 63.2 Å². The Kier molecular flexibility index (Phi) is 4.02. The number of nitrogens with zero attached hydrogens (tertiary/aromatic N) is 1. The van der Waals surface area contributed by atoms with Crippen molar-refractivity contribution in [1.29, 1.82) is 0 Å². The Morgan fingerprint density at radius 2 is 1.89 bits per heavy atom. The minimum atomic E-state index is -0.450. The highest BCUT2D eigenvalue weighted by Crippen LogP contribution is 2.30. The summed E-state index contributed by atoms with van der Waals surface area (Å²) < 4.78 is 0. The standard InChI is InChI=1S/C14H13ClN2O2/c1-2-10-3-6-12(7-4-10)16-13-8-5-11(15)9-14(13)17(18)19/h3-9,16H,2H2,1H3. The highest BCUT2D eigenvalue weighted by molar-refractivity contribution is 6.30. The molecule has 0 saturated carbocycles. The normalized spacial score (nSPS) is 10.2. The van der Waals surface area contributed by atoms with Crippen molar-refractivity contribution >= 4 is 28.7 Å². The van der Waals surface area contributed by atoms with Crippen LogP contribution < -0.4 is 5.32 Å². The van der Waals surface area contributed by atoms with Gasteiger partial charge < -0.3 is 5.32 Å². The summed E-state index contributed by atoms with van der Waals surface area (Å²) in [6, 6.07) is 12.3. The summed E-state index contributed by atoms with van der Waals surface area (Å²) in [5.41, 5.74) is 2.42. The van der Waals surface area contributed by atoms with Gasteiger partial charge in [-0.1, -0.05) is 30.7 Å². The fourth-order valence-electron chi connectivity index (χ4n) is 1.74. The first-order valence-corrected chi connectivity index (χ1v) is 6.28. The smallest absolute Gasteiger partial charge is 0.294 e. The minimum Gasteiger partial charge on any atom is -0.350 e. The van der Waals surface area contributed by atoms with Gasteiger partial charge in [0.05, 0.1) is 4.92 Å². The number of nitrogens with one attached hydrogen (secondary N) is 1. The zero-order valence-corrected chi connectivity index (χ0v) is 11.1. The second-order valence-electron chi connectivity index (χ2n) is 4.09. The van der Waals surface area contributed by atoms with Crippen LogP contribution in [0.2, 0.25) is 5.02 Å². The molecule has 0 spiro atoms. The Morgan fingerprint density at radius 3 is 2.47 bits per heavy atom. The third kappa shape index (κ3) is 3.23. The monoisotopic (exact) mass is 276 g/mol. The highest BCUT2D eigenvalue weighted by Gasteiger charge is 2.14. The number of hydrogen-bond donors (Lipinski definition) is 1. The molecule has 2 rings (SSSR count).